The van der Waals surface area contributed by atoms with Gasteiger partial charge in [-0.2, -0.15) is 0 Å². The average molecular weight is 192 g/mol. The minimum absolute atomic E-state index is 0.00694. The molecule has 1 aliphatic rings. The van der Waals surface area contributed by atoms with Crippen LogP contribution in [0.1, 0.15) is 0 Å². The second-order valence-corrected chi connectivity index (χ2v) is 4.07. The molecule has 6 heteroatoms. The maximum absolute atomic E-state index is 10.4. The van der Waals surface area contributed by atoms with E-state index in [9.17, 15) is 9.59 Å². The Kier molecular flexibility index (Phi) is 2.45. The van der Waals surface area contributed by atoms with E-state index in [0.717, 1.165) is 10.8 Å². The summed E-state index contributed by atoms with van der Waals surface area (Å²) < 4.78 is 0. The number of aliphatic carboxylic acids is 2. The molecule has 11 heavy (non-hydrogen) atoms. The van der Waals surface area contributed by atoms with Gasteiger partial charge in [-0.3, -0.25) is 0 Å². The highest BCUT2D eigenvalue weighted by molar-refractivity contribution is 8.78. The fourth-order valence-electron chi connectivity index (χ4n) is 0.587. The van der Waals surface area contributed by atoms with Crippen molar-refractivity contribution < 1.29 is 19.8 Å². The molecule has 1 heterocycles. The van der Waals surface area contributed by atoms with Crippen LogP contribution in [-0.2, 0) is 9.59 Å². The topological polar surface area (TPSA) is 74.6 Å². The molecule has 2 N–H and O–H groups in total. The van der Waals surface area contributed by atoms with Gasteiger partial charge in [-0.15, -0.1) is 0 Å². The van der Waals surface area contributed by atoms with Crippen molar-refractivity contribution >= 4 is 33.5 Å². The highest BCUT2D eigenvalue weighted by Crippen LogP contribution is 2.41. The number of carboxylic acids is 2. The van der Waals surface area contributed by atoms with E-state index in [1.165, 1.54) is 10.8 Å². The van der Waals surface area contributed by atoms with Gasteiger partial charge in [0.1, 0.15) is 4.91 Å². The monoisotopic (exact) mass is 192 g/mol. The van der Waals surface area contributed by atoms with Gasteiger partial charge in [0, 0.05) is 5.75 Å². The first kappa shape index (κ1) is 8.48. The van der Waals surface area contributed by atoms with Gasteiger partial charge in [0.25, 0.3) is 0 Å². The van der Waals surface area contributed by atoms with Crippen LogP contribution in [0.25, 0.3) is 0 Å². The van der Waals surface area contributed by atoms with Crippen LogP contribution in [0.3, 0.4) is 0 Å². The summed E-state index contributed by atoms with van der Waals surface area (Å²) in [6, 6.07) is 0. The molecular weight excluding hydrogens is 188 g/mol. The third kappa shape index (κ3) is 1.69. The lowest BCUT2D eigenvalue weighted by Gasteiger charge is -1.92. The summed E-state index contributed by atoms with van der Waals surface area (Å²) in [6.07, 6.45) is 0. The summed E-state index contributed by atoms with van der Waals surface area (Å²) in [6.45, 7) is 0. The average Bonchev–Trinajstić information content (AvgIpc) is 2.32. The van der Waals surface area contributed by atoms with Crippen molar-refractivity contribution in [1.29, 1.82) is 0 Å². The SMILES string of the molecule is O=C(O)C1=C(C(=O)O)SSC1. The molecule has 1 aliphatic heterocycles. The van der Waals surface area contributed by atoms with Gasteiger partial charge in [0.2, 0.25) is 0 Å². The molecule has 60 valence electrons. The highest BCUT2D eigenvalue weighted by Gasteiger charge is 2.26. The second-order valence-electron chi connectivity index (χ2n) is 1.76. The first-order chi connectivity index (χ1) is 5.13. The number of hydrogen-bond donors (Lipinski definition) is 2. The van der Waals surface area contributed by atoms with E-state index >= 15 is 0 Å². The normalized spacial score (nSPS) is 17.1. The van der Waals surface area contributed by atoms with Crippen LogP contribution in [0.2, 0.25) is 0 Å². The Bertz CT molecular complexity index is 221. The zero-order valence-electron chi connectivity index (χ0n) is 5.23. The fourth-order valence-corrected chi connectivity index (χ4v) is 2.97. The van der Waals surface area contributed by atoms with Crippen molar-refractivity contribution in [2.45, 2.75) is 0 Å². The van der Waals surface area contributed by atoms with Crippen molar-refractivity contribution in [1.82, 2.24) is 0 Å². The maximum atomic E-state index is 10.4. The van der Waals surface area contributed by atoms with Crippen molar-refractivity contribution in [2.75, 3.05) is 5.75 Å². The third-order valence-electron chi connectivity index (χ3n) is 1.07. The zero-order valence-corrected chi connectivity index (χ0v) is 6.87. The molecule has 0 radical (unpaired) electrons. The van der Waals surface area contributed by atoms with Crippen LogP contribution >= 0.6 is 21.6 Å². The summed E-state index contributed by atoms with van der Waals surface area (Å²) >= 11 is 0. The zero-order chi connectivity index (χ0) is 8.43. The molecule has 0 atom stereocenters. The second kappa shape index (κ2) is 3.19. The number of carbonyl (C=O) groups is 2. The van der Waals surface area contributed by atoms with Crippen LogP contribution < -0.4 is 0 Å². The molecule has 0 bridgehead atoms. The van der Waals surface area contributed by atoms with Crippen LogP contribution in [0, 0.1) is 0 Å². The predicted molar refractivity (Wildman–Crippen MR) is 42.3 cm³/mol. The molecule has 1 rings (SSSR count). The molecule has 4 nitrogen and oxygen atoms in total. The maximum Gasteiger partial charge on any atom is 0.343 e. The van der Waals surface area contributed by atoms with E-state index in [-0.39, 0.29) is 16.2 Å². The lowest BCUT2D eigenvalue weighted by Crippen LogP contribution is -2.06. The molecule has 0 aliphatic carbocycles. The van der Waals surface area contributed by atoms with Crippen LogP contribution in [0.15, 0.2) is 10.5 Å². The number of rotatable bonds is 2. The summed E-state index contributed by atoms with van der Waals surface area (Å²) in [5.74, 6) is -2.03. The van der Waals surface area contributed by atoms with Gasteiger partial charge in [0.15, 0.2) is 0 Å². The lowest BCUT2D eigenvalue weighted by molar-refractivity contribution is -0.135. The molecule has 0 amide bonds. The van der Waals surface area contributed by atoms with E-state index in [2.05, 4.69) is 0 Å². The van der Waals surface area contributed by atoms with E-state index < -0.39 is 11.9 Å². The molecular formula is C5H4O4S2. The Morgan fingerprint density at radius 2 is 1.91 bits per heavy atom. The fraction of sp³-hybridized carbons (Fsp3) is 0.200. The predicted octanol–water partition coefficient (Wildman–Crippen LogP) is 0.805. The first-order valence-electron chi connectivity index (χ1n) is 2.62. The smallest absolute Gasteiger partial charge is 0.343 e. The summed E-state index contributed by atoms with van der Waals surface area (Å²) in [5, 5.41) is 17.0. The van der Waals surface area contributed by atoms with Crippen molar-refractivity contribution in [2.24, 2.45) is 0 Å². The molecule has 0 unspecified atom stereocenters. The van der Waals surface area contributed by atoms with Gasteiger partial charge in [-0.05, 0) is 10.8 Å². The van der Waals surface area contributed by atoms with Gasteiger partial charge in [-0.1, -0.05) is 10.8 Å². The van der Waals surface area contributed by atoms with Crippen molar-refractivity contribution in [3.05, 3.63) is 10.5 Å². The molecule has 0 saturated heterocycles. The van der Waals surface area contributed by atoms with E-state index in [4.69, 9.17) is 10.2 Å². The highest BCUT2D eigenvalue weighted by atomic mass is 33.1. The third-order valence-corrected chi connectivity index (χ3v) is 3.39. The molecule has 0 aromatic carbocycles. The minimum Gasteiger partial charge on any atom is -0.478 e. The molecule has 0 saturated carbocycles. The molecule has 0 aromatic heterocycles. The van der Waals surface area contributed by atoms with Gasteiger partial charge < -0.3 is 10.2 Å². The molecule has 0 aromatic rings. The Hall–Kier alpha value is -0.620. The quantitative estimate of drug-likeness (QED) is 0.630. The van der Waals surface area contributed by atoms with Gasteiger partial charge in [-0.25, -0.2) is 9.59 Å². The summed E-state index contributed by atoms with van der Waals surface area (Å²) in [7, 11) is 2.23. The Labute approximate surface area is 70.1 Å². The Morgan fingerprint density at radius 3 is 2.27 bits per heavy atom. The Morgan fingerprint density at radius 1 is 1.27 bits per heavy atom. The number of hydrogen-bond acceptors (Lipinski definition) is 4. The summed E-state index contributed by atoms with van der Waals surface area (Å²) in [5.41, 5.74) is -0.00694. The van der Waals surface area contributed by atoms with Crippen LogP contribution in [-0.4, -0.2) is 27.9 Å². The van der Waals surface area contributed by atoms with Crippen LogP contribution in [0.4, 0.5) is 0 Å². The van der Waals surface area contributed by atoms with Crippen molar-refractivity contribution in [3.63, 3.8) is 0 Å². The minimum atomic E-state index is -1.16. The van der Waals surface area contributed by atoms with E-state index in [0.29, 0.717) is 0 Å². The van der Waals surface area contributed by atoms with E-state index in [1.807, 2.05) is 0 Å². The van der Waals surface area contributed by atoms with Gasteiger partial charge in [0.05, 0.1) is 5.57 Å². The lowest BCUT2D eigenvalue weighted by atomic mass is 10.3. The first-order valence-corrected chi connectivity index (χ1v) is 4.94. The van der Waals surface area contributed by atoms with Crippen molar-refractivity contribution in [3.8, 4) is 0 Å². The standard InChI is InChI=1S/C5H4O4S2/c6-4(7)2-1-10-11-3(2)5(8)9/h1H2,(H,6,7)(H,8,9). The van der Waals surface area contributed by atoms with Crippen LogP contribution in [0.5, 0.6) is 0 Å². The number of carboxylic acid groups (broad SMARTS) is 2. The molecule has 0 spiro atoms. The molecule has 0 fully saturated rings. The largest absolute Gasteiger partial charge is 0.478 e. The van der Waals surface area contributed by atoms with E-state index in [1.54, 1.807) is 0 Å². The summed E-state index contributed by atoms with van der Waals surface area (Å²) in [4.78, 5) is 20.7. The Balaban J connectivity index is 2.95. The van der Waals surface area contributed by atoms with Gasteiger partial charge >= 0.3 is 11.9 Å².